The van der Waals surface area contributed by atoms with Gasteiger partial charge in [-0.3, -0.25) is 9.59 Å². The molecule has 2 aromatic rings. The van der Waals surface area contributed by atoms with Crippen molar-refractivity contribution in [2.75, 3.05) is 5.32 Å². The Labute approximate surface area is 140 Å². The highest BCUT2D eigenvalue weighted by molar-refractivity contribution is 14.1. The van der Waals surface area contributed by atoms with Crippen LogP contribution in [0.15, 0.2) is 42.5 Å². The van der Waals surface area contributed by atoms with Crippen LogP contribution in [-0.4, -0.2) is 17.0 Å². The molecule has 6 heteroatoms. The monoisotopic (exact) mass is 415 g/mol. The van der Waals surface area contributed by atoms with Crippen molar-refractivity contribution in [1.29, 1.82) is 0 Å². The van der Waals surface area contributed by atoms with Crippen LogP contribution in [0.25, 0.3) is 0 Å². The van der Waals surface area contributed by atoms with Gasteiger partial charge in [0.1, 0.15) is 0 Å². The summed E-state index contributed by atoms with van der Waals surface area (Å²) in [4.78, 5) is 22.8. The Balaban J connectivity index is 2.12. The smallest absolute Gasteiger partial charge is 0.307 e. The van der Waals surface area contributed by atoms with Crippen molar-refractivity contribution in [2.45, 2.75) is 6.42 Å². The number of aliphatic carboxylic acids is 1. The van der Waals surface area contributed by atoms with Gasteiger partial charge in [-0.2, -0.15) is 0 Å². The quantitative estimate of drug-likeness (QED) is 0.746. The molecule has 4 nitrogen and oxygen atoms in total. The van der Waals surface area contributed by atoms with E-state index < -0.39 is 5.97 Å². The number of carboxylic acids is 1. The van der Waals surface area contributed by atoms with Crippen LogP contribution in [0.5, 0.6) is 0 Å². The summed E-state index contributed by atoms with van der Waals surface area (Å²) in [6.45, 7) is 0. The van der Waals surface area contributed by atoms with Gasteiger partial charge >= 0.3 is 5.97 Å². The molecule has 2 N–H and O–H groups in total. The molecule has 0 heterocycles. The highest BCUT2D eigenvalue weighted by Crippen LogP contribution is 2.19. The first-order valence-electron chi connectivity index (χ1n) is 6.03. The number of benzene rings is 2. The number of rotatable bonds is 4. The van der Waals surface area contributed by atoms with Crippen LogP contribution in [-0.2, 0) is 11.2 Å². The maximum atomic E-state index is 12.2. The molecular formula is C15H11ClINO3. The van der Waals surface area contributed by atoms with Crippen molar-refractivity contribution in [2.24, 2.45) is 0 Å². The number of hydrogen-bond donors (Lipinski definition) is 2. The molecule has 0 saturated carbocycles. The maximum Gasteiger partial charge on any atom is 0.307 e. The topological polar surface area (TPSA) is 66.4 Å². The largest absolute Gasteiger partial charge is 0.481 e. The summed E-state index contributed by atoms with van der Waals surface area (Å²) in [6.07, 6.45) is -0.0413. The van der Waals surface area contributed by atoms with E-state index in [1.807, 2.05) is 0 Å². The standard InChI is InChI=1S/C15H11ClINO3/c16-10-3-6-13(17)12(8-10)15(21)18-11-4-1-9(2-5-11)7-14(19)20/h1-6,8H,7H2,(H,18,21)(H,19,20). The van der Waals surface area contributed by atoms with Crippen LogP contribution < -0.4 is 5.32 Å². The second kappa shape index (κ2) is 6.91. The zero-order chi connectivity index (χ0) is 15.4. The van der Waals surface area contributed by atoms with Crippen molar-refractivity contribution in [3.63, 3.8) is 0 Å². The zero-order valence-electron chi connectivity index (χ0n) is 10.8. The number of carboxylic acid groups (broad SMARTS) is 1. The normalized spacial score (nSPS) is 10.2. The van der Waals surface area contributed by atoms with Gasteiger partial charge in [0.2, 0.25) is 0 Å². The van der Waals surface area contributed by atoms with Crippen LogP contribution in [0, 0.1) is 3.57 Å². The lowest BCUT2D eigenvalue weighted by molar-refractivity contribution is -0.136. The van der Waals surface area contributed by atoms with Crippen LogP contribution in [0.1, 0.15) is 15.9 Å². The summed E-state index contributed by atoms with van der Waals surface area (Å²) in [5.41, 5.74) is 1.78. The van der Waals surface area contributed by atoms with Crippen LogP contribution in [0.3, 0.4) is 0 Å². The Morgan fingerprint density at radius 3 is 2.43 bits per heavy atom. The van der Waals surface area contributed by atoms with Gasteiger partial charge in [0.25, 0.3) is 5.91 Å². The molecule has 0 aliphatic carbocycles. The average Bonchev–Trinajstić information content (AvgIpc) is 2.43. The van der Waals surface area contributed by atoms with E-state index >= 15 is 0 Å². The lowest BCUT2D eigenvalue weighted by Gasteiger charge is -2.08. The molecule has 0 aliphatic rings. The molecule has 21 heavy (non-hydrogen) atoms. The fourth-order valence-electron chi connectivity index (χ4n) is 1.75. The molecular weight excluding hydrogens is 405 g/mol. The number of anilines is 1. The Morgan fingerprint density at radius 2 is 1.81 bits per heavy atom. The molecule has 0 saturated heterocycles. The average molecular weight is 416 g/mol. The minimum atomic E-state index is -0.889. The predicted octanol–water partition coefficient (Wildman–Crippen LogP) is 3.82. The van der Waals surface area contributed by atoms with Crippen LogP contribution >= 0.6 is 34.2 Å². The Hall–Kier alpha value is -1.60. The fraction of sp³-hybridized carbons (Fsp3) is 0.0667. The van der Waals surface area contributed by atoms with Gasteiger partial charge in [-0.05, 0) is 58.5 Å². The van der Waals surface area contributed by atoms with Crippen molar-refractivity contribution >= 4 is 51.8 Å². The third kappa shape index (κ3) is 4.44. The van der Waals surface area contributed by atoms with E-state index in [0.717, 1.165) is 3.57 Å². The Morgan fingerprint density at radius 1 is 1.14 bits per heavy atom. The van der Waals surface area contributed by atoms with Gasteiger partial charge < -0.3 is 10.4 Å². The van der Waals surface area contributed by atoms with Gasteiger partial charge in [0, 0.05) is 14.3 Å². The van der Waals surface area contributed by atoms with Gasteiger partial charge in [-0.1, -0.05) is 23.7 Å². The van der Waals surface area contributed by atoms with Crippen molar-refractivity contribution < 1.29 is 14.7 Å². The van der Waals surface area contributed by atoms with E-state index in [9.17, 15) is 9.59 Å². The van der Waals surface area contributed by atoms with Gasteiger partial charge in [-0.15, -0.1) is 0 Å². The minimum absolute atomic E-state index is 0.0413. The fourth-order valence-corrected chi connectivity index (χ4v) is 2.50. The molecule has 0 bridgehead atoms. The zero-order valence-corrected chi connectivity index (χ0v) is 13.7. The molecule has 0 unspecified atom stereocenters. The molecule has 1 amide bonds. The number of amides is 1. The summed E-state index contributed by atoms with van der Waals surface area (Å²) in [6, 6.07) is 11.8. The predicted molar refractivity (Wildman–Crippen MR) is 89.9 cm³/mol. The third-order valence-electron chi connectivity index (χ3n) is 2.74. The molecule has 2 aromatic carbocycles. The van der Waals surface area contributed by atoms with Crippen molar-refractivity contribution in [3.05, 3.63) is 62.2 Å². The first-order chi connectivity index (χ1) is 9.95. The van der Waals surface area contributed by atoms with Crippen LogP contribution in [0.4, 0.5) is 5.69 Å². The maximum absolute atomic E-state index is 12.2. The summed E-state index contributed by atoms with van der Waals surface area (Å²) in [5, 5.41) is 12.0. The first kappa shape index (κ1) is 15.8. The summed E-state index contributed by atoms with van der Waals surface area (Å²) in [7, 11) is 0. The van der Waals surface area contributed by atoms with Gasteiger partial charge in [0.05, 0.1) is 12.0 Å². The first-order valence-corrected chi connectivity index (χ1v) is 7.48. The van der Waals surface area contributed by atoms with Crippen molar-refractivity contribution in [1.82, 2.24) is 0 Å². The summed E-state index contributed by atoms with van der Waals surface area (Å²) >= 11 is 7.96. The van der Waals surface area contributed by atoms with E-state index in [2.05, 4.69) is 27.9 Å². The second-order valence-corrected chi connectivity index (χ2v) is 5.94. The number of carbonyl (C=O) groups is 2. The lowest BCUT2D eigenvalue weighted by atomic mass is 10.1. The van der Waals surface area contributed by atoms with E-state index in [1.165, 1.54) is 0 Å². The Bertz CT molecular complexity index is 686. The molecule has 0 fully saturated rings. The molecule has 0 atom stereocenters. The second-order valence-electron chi connectivity index (χ2n) is 4.35. The number of halogens is 2. The van der Waals surface area contributed by atoms with E-state index in [0.29, 0.717) is 21.8 Å². The number of nitrogens with one attached hydrogen (secondary N) is 1. The molecule has 2 rings (SSSR count). The van der Waals surface area contributed by atoms with E-state index in [1.54, 1.807) is 42.5 Å². The molecule has 0 aromatic heterocycles. The summed E-state index contributed by atoms with van der Waals surface area (Å²) < 4.78 is 0.803. The van der Waals surface area contributed by atoms with E-state index in [4.69, 9.17) is 16.7 Å². The van der Waals surface area contributed by atoms with Crippen molar-refractivity contribution in [3.8, 4) is 0 Å². The number of carbonyl (C=O) groups excluding carboxylic acids is 1. The molecule has 0 spiro atoms. The molecule has 0 radical (unpaired) electrons. The summed E-state index contributed by atoms with van der Waals surface area (Å²) in [5.74, 6) is -1.15. The molecule has 108 valence electrons. The van der Waals surface area contributed by atoms with Gasteiger partial charge in [-0.25, -0.2) is 0 Å². The van der Waals surface area contributed by atoms with Gasteiger partial charge in [0.15, 0.2) is 0 Å². The minimum Gasteiger partial charge on any atom is -0.481 e. The lowest BCUT2D eigenvalue weighted by Crippen LogP contribution is -2.13. The third-order valence-corrected chi connectivity index (χ3v) is 3.92. The number of hydrogen-bond acceptors (Lipinski definition) is 2. The Kier molecular flexibility index (Phi) is 5.19. The van der Waals surface area contributed by atoms with E-state index in [-0.39, 0.29) is 12.3 Å². The highest BCUT2D eigenvalue weighted by atomic mass is 127. The highest BCUT2D eigenvalue weighted by Gasteiger charge is 2.11. The molecule has 0 aliphatic heterocycles. The SMILES string of the molecule is O=C(O)Cc1ccc(NC(=O)c2cc(Cl)ccc2I)cc1. The van der Waals surface area contributed by atoms with Crippen LogP contribution in [0.2, 0.25) is 5.02 Å².